The quantitative estimate of drug-likeness (QED) is 0.800. The maximum absolute atomic E-state index is 12.5. The number of nitriles is 1. The van der Waals surface area contributed by atoms with Gasteiger partial charge < -0.3 is 15.3 Å². The van der Waals surface area contributed by atoms with E-state index in [1.807, 2.05) is 35.2 Å². The van der Waals surface area contributed by atoms with Crippen molar-refractivity contribution in [3.05, 3.63) is 47.7 Å². The number of nitrogens with one attached hydrogen (secondary N) is 1. The van der Waals surface area contributed by atoms with E-state index in [4.69, 9.17) is 5.26 Å². The van der Waals surface area contributed by atoms with Gasteiger partial charge in [0, 0.05) is 37.7 Å². The van der Waals surface area contributed by atoms with Crippen LogP contribution >= 0.6 is 0 Å². The number of hydrogen-bond donors (Lipinski definition) is 2. The smallest absolute Gasteiger partial charge is 0.224 e. The van der Waals surface area contributed by atoms with E-state index in [2.05, 4.69) is 29.4 Å². The molecule has 1 amide bonds. The van der Waals surface area contributed by atoms with Crippen molar-refractivity contribution in [2.75, 3.05) is 29.9 Å². The van der Waals surface area contributed by atoms with Crippen molar-refractivity contribution in [1.29, 1.82) is 5.26 Å². The molecule has 1 unspecified atom stereocenters. The second-order valence-electron chi connectivity index (χ2n) is 7.53. The molecule has 0 saturated carbocycles. The van der Waals surface area contributed by atoms with E-state index in [9.17, 15) is 9.90 Å². The maximum atomic E-state index is 12.5. The van der Waals surface area contributed by atoms with Crippen molar-refractivity contribution in [1.82, 2.24) is 10.2 Å². The Morgan fingerprint density at radius 1 is 1.21 bits per heavy atom. The van der Waals surface area contributed by atoms with E-state index in [-0.39, 0.29) is 30.0 Å². The number of carbonyl (C=O) groups is 1. The van der Waals surface area contributed by atoms with E-state index in [0.717, 1.165) is 5.69 Å². The normalized spacial score (nSPS) is 18.9. The second kappa shape index (κ2) is 8.81. The van der Waals surface area contributed by atoms with Crippen molar-refractivity contribution >= 4 is 17.4 Å². The Bertz CT molecular complexity index is 843. The van der Waals surface area contributed by atoms with E-state index in [1.54, 1.807) is 12.1 Å². The third-order valence-corrected chi connectivity index (χ3v) is 5.21. The molecule has 2 heterocycles. The van der Waals surface area contributed by atoms with E-state index in [1.165, 1.54) is 5.56 Å². The molecule has 146 valence electrons. The molecule has 1 aliphatic rings. The number of aromatic nitrogens is 2. The molecule has 2 aromatic rings. The molecule has 1 aromatic carbocycles. The van der Waals surface area contributed by atoms with Crippen molar-refractivity contribution in [3.8, 4) is 6.07 Å². The van der Waals surface area contributed by atoms with Crippen molar-refractivity contribution < 1.29 is 9.90 Å². The number of anilines is 2. The molecule has 7 heteroatoms. The zero-order valence-corrected chi connectivity index (χ0v) is 16.2. The standard InChI is InChI=1S/C21H25N5O2/c1-14(2)15-3-5-18(6-4-15)23-21(28)9-16-11-26(12-17(16)13-27)20-8-7-19(10-22)24-25-20/h3-8,14,16-17,27H,9,11-13H2,1-2H3,(H,23,28)/t16?,17-/m1/s1. The lowest BCUT2D eigenvalue weighted by molar-refractivity contribution is -0.117. The van der Waals surface area contributed by atoms with Gasteiger partial charge in [-0.3, -0.25) is 4.79 Å². The fraction of sp³-hybridized carbons (Fsp3) is 0.429. The summed E-state index contributed by atoms with van der Waals surface area (Å²) in [6, 6.07) is 13.2. The highest BCUT2D eigenvalue weighted by atomic mass is 16.3. The van der Waals surface area contributed by atoms with Crippen molar-refractivity contribution in [2.24, 2.45) is 11.8 Å². The third kappa shape index (κ3) is 4.65. The summed E-state index contributed by atoms with van der Waals surface area (Å²) in [5.74, 6) is 1.06. The minimum atomic E-state index is -0.0616. The number of amides is 1. The predicted octanol–water partition coefficient (Wildman–Crippen LogP) is 2.55. The number of carbonyl (C=O) groups excluding carboxylic acids is 1. The molecule has 0 radical (unpaired) electrons. The molecule has 0 aliphatic carbocycles. The molecule has 7 nitrogen and oxygen atoms in total. The molecule has 1 saturated heterocycles. The first-order chi connectivity index (χ1) is 13.5. The average molecular weight is 379 g/mol. The molecule has 28 heavy (non-hydrogen) atoms. The first kappa shape index (κ1) is 19.8. The lowest BCUT2D eigenvalue weighted by Gasteiger charge is -2.16. The van der Waals surface area contributed by atoms with Crippen LogP contribution in [0.15, 0.2) is 36.4 Å². The molecule has 1 fully saturated rings. The highest BCUT2D eigenvalue weighted by Gasteiger charge is 2.34. The Hall–Kier alpha value is -2.98. The van der Waals surface area contributed by atoms with E-state index in [0.29, 0.717) is 31.2 Å². The first-order valence-electron chi connectivity index (χ1n) is 9.49. The number of hydrogen-bond acceptors (Lipinski definition) is 6. The zero-order valence-electron chi connectivity index (χ0n) is 16.2. The summed E-state index contributed by atoms with van der Waals surface area (Å²) in [6.45, 7) is 5.50. The minimum absolute atomic E-state index is 0.00786. The summed E-state index contributed by atoms with van der Waals surface area (Å²) in [4.78, 5) is 14.5. The highest BCUT2D eigenvalue weighted by molar-refractivity contribution is 5.91. The summed E-state index contributed by atoms with van der Waals surface area (Å²) >= 11 is 0. The van der Waals surface area contributed by atoms with Crippen LogP contribution in [0.2, 0.25) is 0 Å². The monoisotopic (exact) mass is 379 g/mol. The van der Waals surface area contributed by atoms with Gasteiger partial charge in [0.15, 0.2) is 11.5 Å². The summed E-state index contributed by atoms with van der Waals surface area (Å²) < 4.78 is 0. The fourth-order valence-electron chi connectivity index (χ4n) is 3.52. The van der Waals surface area contributed by atoms with Crippen LogP contribution in [-0.2, 0) is 4.79 Å². The molecule has 1 aliphatic heterocycles. The van der Waals surface area contributed by atoms with Crippen LogP contribution in [-0.4, -0.2) is 40.9 Å². The van der Waals surface area contributed by atoms with Gasteiger partial charge in [0.05, 0.1) is 0 Å². The van der Waals surface area contributed by atoms with Gasteiger partial charge in [-0.25, -0.2) is 0 Å². The van der Waals surface area contributed by atoms with Gasteiger partial charge in [-0.1, -0.05) is 26.0 Å². The Balaban J connectivity index is 1.60. The maximum Gasteiger partial charge on any atom is 0.224 e. The molecule has 0 spiro atoms. The molecule has 3 rings (SSSR count). The van der Waals surface area contributed by atoms with Crippen molar-refractivity contribution in [3.63, 3.8) is 0 Å². The predicted molar refractivity (Wildman–Crippen MR) is 107 cm³/mol. The number of aliphatic hydroxyl groups is 1. The van der Waals surface area contributed by atoms with Crippen LogP contribution < -0.4 is 10.2 Å². The number of rotatable bonds is 6. The van der Waals surface area contributed by atoms with Crippen molar-refractivity contribution in [2.45, 2.75) is 26.2 Å². The minimum Gasteiger partial charge on any atom is -0.396 e. The van der Waals surface area contributed by atoms with Crippen LogP contribution in [0.4, 0.5) is 11.5 Å². The fourth-order valence-corrected chi connectivity index (χ4v) is 3.52. The lowest BCUT2D eigenvalue weighted by atomic mass is 9.93. The Kier molecular flexibility index (Phi) is 6.22. The van der Waals surface area contributed by atoms with Crippen LogP contribution in [0.5, 0.6) is 0 Å². The molecule has 1 aromatic heterocycles. The van der Waals surface area contributed by atoms with Gasteiger partial charge in [0.25, 0.3) is 0 Å². The summed E-state index contributed by atoms with van der Waals surface area (Å²) in [6.07, 6.45) is 0.331. The van der Waals surface area contributed by atoms with Gasteiger partial charge in [-0.2, -0.15) is 5.26 Å². The van der Waals surface area contributed by atoms with Gasteiger partial charge >= 0.3 is 0 Å². The van der Waals surface area contributed by atoms with Gasteiger partial charge in [0.2, 0.25) is 5.91 Å². The summed E-state index contributed by atoms with van der Waals surface area (Å²) in [5, 5.41) is 29.4. The van der Waals surface area contributed by atoms with Gasteiger partial charge in [0.1, 0.15) is 6.07 Å². The Morgan fingerprint density at radius 3 is 2.50 bits per heavy atom. The molecule has 2 atom stereocenters. The van der Waals surface area contributed by atoms with Gasteiger partial charge in [-0.15, -0.1) is 10.2 Å². The Labute approximate surface area is 165 Å². The first-order valence-corrected chi connectivity index (χ1v) is 9.49. The number of aliphatic hydroxyl groups excluding tert-OH is 1. The summed E-state index contributed by atoms with van der Waals surface area (Å²) in [5.41, 5.74) is 2.28. The van der Waals surface area contributed by atoms with Crippen LogP contribution in [0.25, 0.3) is 0 Å². The average Bonchev–Trinajstić information content (AvgIpc) is 3.11. The molecule has 0 bridgehead atoms. The van der Waals surface area contributed by atoms with E-state index < -0.39 is 0 Å². The van der Waals surface area contributed by atoms with Gasteiger partial charge in [-0.05, 0) is 41.7 Å². The van der Waals surface area contributed by atoms with Crippen LogP contribution in [0, 0.1) is 23.2 Å². The van der Waals surface area contributed by atoms with Crippen LogP contribution in [0.1, 0.15) is 37.4 Å². The lowest BCUT2D eigenvalue weighted by Crippen LogP contribution is -2.23. The topological polar surface area (TPSA) is 102 Å². The zero-order chi connectivity index (χ0) is 20.1. The molecule has 2 N–H and O–H groups in total. The Morgan fingerprint density at radius 2 is 1.93 bits per heavy atom. The highest BCUT2D eigenvalue weighted by Crippen LogP contribution is 2.29. The molecular weight excluding hydrogens is 354 g/mol. The van der Waals surface area contributed by atoms with Crippen LogP contribution in [0.3, 0.4) is 0 Å². The van der Waals surface area contributed by atoms with E-state index >= 15 is 0 Å². The largest absolute Gasteiger partial charge is 0.396 e. The third-order valence-electron chi connectivity index (χ3n) is 5.21. The second-order valence-corrected chi connectivity index (χ2v) is 7.53. The summed E-state index contributed by atoms with van der Waals surface area (Å²) in [7, 11) is 0. The number of nitrogens with zero attached hydrogens (tertiary/aromatic N) is 4. The SMILES string of the molecule is CC(C)c1ccc(NC(=O)CC2CN(c3ccc(C#N)nn3)C[C@@H]2CO)cc1. The number of benzene rings is 1. The molecular formula is C21H25N5O2.